The Bertz CT molecular complexity index is 1430. The normalized spacial score (nSPS) is 25.8. The highest BCUT2D eigenvalue weighted by molar-refractivity contribution is 6.11. The first-order valence-corrected chi connectivity index (χ1v) is 14.9. The number of nitrogens with zero attached hydrogens (tertiary/aromatic N) is 4. The van der Waals surface area contributed by atoms with Gasteiger partial charge in [-0.1, -0.05) is 6.08 Å². The SMILES string of the molecule is C[C@@H]1CN(c2cc(F)c(C3=CCCN(C(=O)OC4CC(F)(F)C4)CC3)cc2NC(=O)C2C=NC(=O)C=C2C(F)F)C[C@H](C)N1C. The number of amides is 3. The van der Waals surface area contributed by atoms with Crippen LogP contribution in [-0.2, 0) is 14.3 Å². The van der Waals surface area contributed by atoms with Gasteiger partial charge in [-0.25, -0.2) is 31.7 Å². The summed E-state index contributed by atoms with van der Waals surface area (Å²) in [4.78, 5) is 46.7. The lowest BCUT2D eigenvalue weighted by Crippen LogP contribution is -2.55. The lowest BCUT2D eigenvalue weighted by Gasteiger charge is -2.44. The van der Waals surface area contributed by atoms with Crippen LogP contribution < -0.4 is 10.2 Å². The van der Waals surface area contributed by atoms with Gasteiger partial charge in [0.2, 0.25) is 5.91 Å². The van der Waals surface area contributed by atoms with Gasteiger partial charge in [-0.05, 0) is 51.4 Å². The summed E-state index contributed by atoms with van der Waals surface area (Å²) in [5, 5.41) is 2.70. The van der Waals surface area contributed by atoms with Gasteiger partial charge in [-0.15, -0.1) is 0 Å². The topological polar surface area (TPSA) is 94.5 Å². The van der Waals surface area contributed by atoms with E-state index in [0.29, 0.717) is 36.8 Å². The Balaban J connectivity index is 1.40. The highest BCUT2D eigenvalue weighted by Crippen LogP contribution is 2.40. The number of likely N-dealkylation sites (N-methyl/N-ethyl adjacent to an activating group) is 1. The molecule has 9 nitrogen and oxygen atoms in total. The number of halogens is 5. The summed E-state index contributed by atoms with van der Waals surface area (Å²) in [6, 6.07) is 2.95. The van der Waals surface area contributed by atoms with Crippen molar-refractivity contribution >= 4 is 41.1 Å². The Morgan fingerprint density at radius 3 is 2.44 bits per heavy atom. The van der Waals surface area contributed by atoms with Crippen molar-refractivity contribution in [1.82, 2.24) is 9.80 Å². The van der Waals surface area contributed by atoms with Gasteiger partial charge in [0.25, 0.3) is 18.3 Å². The molecule has 1 aromatic rings. The van der Waals surface area contributed by atoms with Crippen LogP contribution in [0.3, 0.4) is 0 Å². The Morgan fingerprint density at radius 2 is 1.80 bits per heavy atom. The largest absolute Gasteiger partial charge is 0.446 e. The van der Waals surface area contributed by atoms with Gasteiger partial charge in [0.05, 0.1) is 11.4 Å². The third-order valence-corrected chi connectivity index (χ3v) is 8.94. The Hall–Kier alpha value is -3.81. The summed E-state index contributed by atoms with van der Waals surface area (Å²) >= 11 is 0. The van der Waals surface area contributed by atoms with Crippen LogP contribution >= 0.6 is 0 Å². The van der Waals surface area contributed by atoms with Crippen LogP contribution in [0.4, 0.5) is 38.1 Å². The van der Waals surface area contributed by atoms with Crippen LogP contribution in [0.15, 0.2) is 34.9 Å². The zero-order chi connectivity index (χ0) is 32.6. The summed E-state index contributed by atoms with van der Waals surface area (Å²) in [5.74, 6) is -6.63. The quantitative estimate of drug-likeness (QED) is 0.435. The molecule has 3 aliphatic heterocycles. The van der Waals surface area contributed by atoms with E-state index in [2.05, 4.69) is 15.2 Å². The number of aliphatic imine (C=N–C) groups is 1. The van der Waals surface area contributed by atoms with Crippen LogP contribution in [0, 0.1) is 11.7 Å². The molecule has 0 radical (unpaired) electrons. The lowest BCUT2D eigenvalue weighted by molar-refractivity contribution is -0.147. The summed E-state index contributed by atoms with van der Waals surface area (Å²) in [5.41, 5.74) is 0.613. The van der Waals surface area contributed by atoms with Crippen molar-refractivity contribution in [2.45, 2.75) is 70.1 Å². The number of anilines is 2. The van der Waals surface area contributed by atoms with Gasteiger partial charge in [-0.2, -0.15) is 0 Å². The van der Waals surface area contributed by atoms with E-state index in [1.807, 2.05) is 25.8 Å². The molecule has 1 saturated carbocycles. The van der Waals surface area contributed by atoms with Gasteiger partial charge < -0.3 is 19.9 Å². The number of carbonyl (C=O) groups is 3. The molecule has 1 aromatic carbocycles. The second-order valence-electron chi connectivity index (χ2n) is 12.2. The molecular weight excluding hydrogens is 601 g/mol. The number of carbonyl (C=O) groups excluding carboxylic acids is 3. The first kappa shape index (κ1) is 32.6. The van der Waals surface area contributed by atoms with Crippen LogP contribution in [0.1, 0.15) is 45.1 Å². The number of rotatable bonds is 6. The fraction of sp³-hybridized carbons (Fsp3) is 0.548. The standard InChI is InChI=1S/C31H36F5N5O4/c1-17-15-41(16-18(2)39(17)3)26-11-24(32)21(9-25(26)38-29(43)23-14-37-27(42)10-22(23)28(33)34)19-5-4-7-40(8-6-19)30(44)45-20-12-31(35,36)13-20/h5,9-11,14,17-18,20,23,28H,4,6-8,12-13,15-16H2,1-3H3,(H,38,43)/t17-,18+,23?. The fourth-order valence-electron chi connectivity index (χ4n) is 6.10. The lowest BCUT2D eigenvalue weighted by atomic mass is 9.91. The predicted octanol–water partition coefficient (Wildman–Crippen LogP) is 5.13. The van der Waals surface area contributed by atoms with Crippen molar-refractivity contribution in [1.29, 1.82) is 0 Å². The average Bonchev–Trinajstić information content (AvgIpc) is 3.21. The van der Waals surface area contributed by atoms with E-state index in [-0.39, 0.29) is 42.8 Å². The fourth-order valence-corrected chi connectivity index (χ4v) is 6.10. The summed E-state index contributed by atoms with van der Waals surface area (Å²) in [6.07, 6.45) is -1.76. The number of nitrogens with one attached hydrogen (secondary N) is 1. The molecule has 5 rings (SSSR count). The first-order chi connectivity index (χ1) is 21.2. The summed E-state index contributed by atoms with van der Waals surface area (Å²) in [6.45, 7) is 5.45. The maximum absolute atomic E-state index is 15.9. The molecule has 1 saturated heterocycles. The van der Waals surface area contributed by atoms with Crippen molar-refractivity contribution in [3.8, 4) is 0 Å². The van der Waals surface area contributed by atoms with E-state index in [1.165, 1.54) is 17.0 Å². The number of piperazine rings is 1. The van der Waals surface area contributed by atoms with Gasteiger partial charge in [0.1, 0.15) is 17.8 Å². The number of hydrogen-bond acceptors (Lipinski definition) is 6. The predicted molar refractivity (Wildman–Crippen MR) is 158 cm³/mol. The van der Waals surface area contributed by atoms with Gasteiger partial charge >= 0.3 is 6.09 Å². The van der Waals surface area contributed by atoms with Crippen LogP contribution in [-0.4, -0.2) is 97.7 Å². The minimum absolute atomic E-state index is 0.0892. The van der Waals surface area contributed by atoms with E-state index < -0.39 is 66.5 Å². The maximum Gasteiger partial charge on any atom is 0.410 e. The van der Waals surface area contributed by atoms with Crippen molar-refractivity contribution in [2.24, 2.45) is 10.9 Å². The minimum atomic E-state index is -3.06. The summed E-state index contributed by atoms with van der Waals surface area (Å²) < 4.78 is 75.0. The number of dihydropyridines is 1. The highest BCUT2D eigenvalue weighted by atomic mass is 19.3. The Kier molecular flexibility index (Phi) is 9.33. The zero-order valence-corrected chi connectivity index (χ0v) is 25.2. The van der Waals surface area contributed by atoms with E-state index >= 15 is 4.39 Å². The molecule has 3 heterocycles. The molecule has 2 fully saturated rings. The summed E-state index contributed by atoms with van der Waals surface area (Å²) in [7, 11) is 1.99. The molecule has 45 heavy (non-hydrogen) atoms. The second kappa shape index (κ2) is 12.9. The number of hydrogen-bond donors (Lipinski definition) is 1. The third-order valence-electron chi connectivity index (χ3n) is 8.94. The van der Waals surface area contributed by atoms with Crippen molar-refractivity contribution in [2.75, 3.05) is 43.4 Å². The zero-order valence-electron chi connectivity index (χ0n) is 25.2. The Labute approximate surface area is 257 Å². The molecular formula is C31H36F5N5O4. The maximum atomic E-state index is 15.9. The molecule has 1 unspecified atom stereocenters. The number of benzene rings is 1. The molecule has 1 aliphatic carbocycles. The van der Waals surface area contributed by atoms with E-state index in [0.717, 1.165) is 6.21 Å². The van der Waals surface area contributed by atoms with Crippen molar-refractivity contribution < 1.29 is 41.1 Å². The average molecular weight is 638 g/mol. The number of ether oxygens (including phenoxy) is 1. The number of alkyl halides is 4. The molecule has 3 atom stereocenters. The molecule has 0 bridgehead atoms. The molecule has 14 heteroatoms. The molecule has 0 aromatic heterocycles. The molecule has 3 amide bonds. The van der Waals surface area contributed by atoms with Gasteiger partial charge in [-0.3, -0.25) is 14.5 Å². The van der Waals surface area contributed by atoms with E-state index in [9.17, 15) is 31.9 Å². The minimum Gasteiger partial charge on any atom is -0.446 e. The van der Waals surface area contributed by atoms with E-state index in [1.54, 1.807) is 6.08 Å². The highest BCUT2D eigenvalue weighted by Gasteiger charge is 2.48. The molecule has 4 aliphatic rings. The molecule has 1 N–H and O–H groups in total. The molecule has 244 valence electrons. The van der Waals surface area contributed by atoms with Crippen LogP contribution in [0.2, 0.25) is 0 Å². The smallest absolute Gasteiger partial charge is 0.410 e. The van der Waals surface area contributed by atoms with Crippen molar-refractivity contribution in [3.05, 3.63) is 41.2 Å². The van der Waals surface area contributed by atoms with E-state index in [4.69, 9.17) is 4.74 Å². The Morgan fingerprint density at radius 1 is 1.11 bits per heavy atom. The van der Waals surface area contributed by atoms with Crippen molar-refractivity contribution in [3.63, 3.8) is 0 Å². The van der Waals surface area contributed by atoms with Crippen LogP contribution in [0.25, 0.3) is 5.57 Å². The molecule has 0 spiro atoms. The van der Waals surface area contributed by atoms with Gasteiger partial charge in [0.15, 0.2) is 0 Å². The monoisotopic (exact) mass is 637 g/mol. The van der Waals surface area contributed by atoms with Crippen LogP contribution in [0.5, 0.6) is 0 Å². The second-order valence-corrected chi connectivity index (χ2v) is 12.2. The third kappa shape index (κ3) is 7.21. The first-order valence-electron chi connectivity index (χ1n) is 14.9. The van der Waals surface area contributed by atoms with Gasteiger partial charge in [0, 0.05) is 74.5 Å².